The fraction of sp³-hybridized carbons (Fsp3) is 0.211. The predicted octanol–water partition coefficient (Wildman–Crippen LogP) is 3.88. The molecule has 1 aliphatic rings. The second-order valence-corrected chi connectivity index (χ2v) is 5.96. The second-order valence-electron chi connectivity index (χ2n) is 5.96. The van der Waals surface area contributed by atoms with Crippen molar-refractivity contribution in [2.75, 3.05) is 13.6 Å². The summed E-state index contributed by atoms with van der Waals surface area (Å²) in [5.41, 5.74) is 4.15. The third-order valence-electron chi connectivity index (χ3n) is 4.37. The molecule has 0 fully saturated rings. The van der Waals surface area contributed by atoms with Crippen molar-refractivity contribution in [2.24, 2.45) is 0 Å². The largest absolute Gasteiger partial charge is 0.460 e. The van der Waals surface area contributed by atoms with Gasteiger partial charge in [-0.1, -0.05) is 24.3 Å². The minimum Gasteiger partial charge on any atom is -0.460 e. The minimum atomic E-state index is 0.217. The number of fused-ring (bicyclic) bond motifs is 2. The highest BCUT2D eigenvalue weighted by Gasteiger charge is 2.27. The SMILES string of the molecule is CN1Cc2cc(C#N)ccc2C(c2cc3ccccc3o2)C1. The minimum absolute atomic E-state index is 0.217. The average Bonchev–Trinajstić information content (AvgIpc) is 2.97. The van der Waals surface area contributed by atoms with Crippen LogP contribution in [-0.2, 0) is 6.54 Å². The molecule has 2 aromatic carbocycles. The van der Waals surface area contributed by atoms with Gasteiger partial charge in [-0.15, -0.1) is 0 Å². The van der Waals surface area contributed by atoms with E-state index < -0.39 is 0 Å². The molecule has 3 nitrogen and oxygen atoms in total. The summed E-state index contributed by atoms with van der Waals surface area (Å²) in [6, 6.07) is 18.5. The molecule has 1 aliphatic heterocycles. The van der Waals surface area contributed by atoms with Gasteiger partial charge in [-0.25, -0.2) is 0 Å². The monoisotopic (exact) mass is 288 g/mol. The quantitative estimate of drug-likeness (QED) is 0.682. The molecule has 0 bridgehead atoms. The number of para-hydroxylation sites is 1. The van der Waals surface area contributed by atoms with Gasteiger partial charge in [0.05, 0.1) is 17.6 Å². The Morgan fingerprint density at radius 3 is 2.86 bits per heavy atom. The van der Waals surface area contributed by atoms with Crippen LogP contribution in [0.3, 0.4) is 0 Å². The molecular weight excluding hydrogens is 272 g/mol. The normalized spacial score (nSPS) is 18.1. The van der Waals surface area contributed by atoms with Crippen LogP contribution in [0.4, 0.5) is 0 Å². The fourth-order valence-corrected chi connectivity index (χ4v) is 3.33. The molecular formula is C19H16N2O. The molecule has 1 atom stereocenters. The van der Waals surface area contributed by atoms with E-state index in [1.165, 1.54) is 11.1 Å². The molecule has 0 saturated heterocycles. The van der Waals surface area contributed by atoms with Crippen molar-refractivity contribution in [1.29, 1.82) is 5.26 Å². The van der Waals surface area contributed by atoms with E-state index in [0.29, 0.717) is 0 Å². The summed E-state index contributed by atoms with van der Waals surface area (Å²) in [6.45, 7) is 1.81. The van der Waals surface area contributed by atoms with E-state index in [0.717, 1.165) is 35.4 Å². The number of nitriles is 1. The molecule has 22 heavy (non-hydrogen) atoms. The Morgan fingerprint density at radius 1 is 1.18 bits per heavy atom. The van der Waals surface area contributed by atoms with Crippen LogP contribution in [0.5, 0.6) is 0 Å². The maximum atomic E-state index is 9.10. The van der Waals surface area contributed by atoms with E-state index in [1.54, 1.807) is 0 Å². The third kappa shape index (κ3) is 2.09. The summed E-state index contributed by atoms with van der Waals surface area (Å²) in [5.74, 6) is 1.22. The molecule has 1 unspecified atom stereocenters. The van der Waals surface area contributed by atoms with Crippen LogP contribution >= 0.6 is 0 Å². The molecule has 0 aliphatic carbocycles. The number of likely N-dealkylation sites (N-methyl/N-ethyl adjacent to an activating group) is 1. The molecule has 3 aromatic rings. The van der Waals surface area contributed by atoms with Gasteiger partial charge in [0.25, 0.3) is 0 Å². The Bertz CT molecular complexity index is 855. The lowest BCUT2D eigenvalue weighted by Gasteiger charge is -2.31. The molecule has 0 saturated carbocycles. The van der Waals surface area contributed by atoms with Crippen molar-refractivity contribution in [1.82, 2.24) is 4.90 Å². The Morgan fingerprint density at radius 2 is 2.05 bits per heavy atom. The first-order valence-corrected chi connectivity index (χ1v) is 7.44. The highest BCUT2D eigenvalue weighted by atomic mass is 16.3. The standard InChI is InChI=1S/C19H16N2O/c1-21-11-15-8-13(10-20)6-7-16(15)17(12-21)19-9-14-4-2-3-5-18(14)22-19/h2-9,17H,11-12H2,1H3. The molecule has 0 amide bonds. The van der Waals surface area contributed by atoms with E-state index in [1.807, 2.05) is 30.3 Å². The van der Waals surface area contributed by atoms with Gasteiger partial charge in [0.2, 0.25) is 0 Å². The van der Waals surface area contributed by atoms with Gasteiger partial charge in [-0.3, -0.25) is 0 Å². The lowest BCUT2D eigenvalue weighted by Crippen LogP contribution is -2.30. The van der Waals surface area contributed by atoms with Crippen LogP contribution in [0.1, 0.15) is 28.4 Å². The summed E-state index contributed by atoms with van der Waals surface area (Å²) in [5, 5.41) is 10.2. The summed E-state index contributed by atoms with van der Waals surface area (Å²) in [4.78, 5) is 2.28. The summed E-state index contributed by atoms with van der Waals surface area (Å²) < 4.78 is 6.08. The number of nitrogens with zero attached hydrogens (tertiary/aromatic N) is 2. The second kappa shape index (κ2) is 5.01. The molecule has 0 N–H and O–H groups in total. The van der Waals surface area contributed by atoms with Crippen LogP contribution < -0.4 is 0 Å². The predicted molar refractivity (Wildman–Crippen MR) is 85.5 cm³/mol. The number of benzene rings is 2. The van der Waals surface area contributed by atoms with Gasteiger partial charge in [-0.05, 0) is 42.4 Å². The lowest BCUT2D eigenvalue weighted by molar-refractivity contribution is 0.282. The van der Waals surface area contributed by atoms with Crippen LogP contribution in [0.25, 0.3) is 11.0 Å². The first kappa shape index (κ1) is 13.1. The van der Waals surface area contributed by atoms with Gasteiger partial charge >= 0.3 is 0 Å². The van der Waals surface area contributed by atoms with E-state index in [-0.39, 0.29) is 5.92 Å². The van der Waals surface area contributed by atoms with Gasteiger partial charge in [-0.2, -0.15) is 5.26 Å². The highest BCUT2D eigenvalue weighted by molar-refractivity contribution is 5.78. The van der Waals surface area contributed by atoms with E-state index >= 15 is 0 Å². The van der Waals surface area contributed by atoms with Crippen molar-refractivity contribution >= 4 is 11.0 Å². The first-order valence-electron chi connectivity index (χ1n) is 7.44. The molecule has 3 heteroatoms. The number of hydrogen-bond donors (Lipinski definition) is 0. The Hall–Kier alpha value is -2.57. The van der Waals surface area contributed by atoms with E-state index in [2.05, 4.69) is 36.2 Å². The fourth-order valence-electron chi connectivity index (χ4n) is 3.33. The zero-order valence-electron chi connectivity index (χ0n) is 12.4. The van der Waals surface area contributed by atoms with E-state index in [4.69, 9.17) is 9.68 Å². The summed E-state index contributed by atoms with van der Waals surface area (Å²) in [6.07, 6.45) is 0. The lowest BCUT2D eigenvalue weighted by atomic mass is 9.87. The third-order valence-corrected chi connectivity index (χ3v) is 4.37. The zero-order valence-corrected chi connectivity index (χ0v) is 12.4. The highest BCUT2D eigenvalue weighted by Crippen LogP contribution is 2.36. The van der Waals surface area contributed by atoms with E-state index in [9.17, 15) is 0 Å². The molecule has 108 valence electrons. The van der Waals surface area contributed by atoms with Crippen molar-refractivity contribution in [2.45, 2.75) is 12.5 Å². The van der Waals surface area contributed by atoms with Gasteiger partial charge < -0.3 is 9.32 Å². The van der Waals surface area contributed by atoms with Gasteiger partial charge in [0.15, 0.2) is 0 Å². The Balaban J connectivity index is 1.84. The zero-order chi connectivity index (χ0) is 15.1. The first-order chi connectivity index (χ1) is 10.7. The average molecular weight is 288 g/mol. The van der Waals surface area contributed by atoms with Gasteiger partial charge in [0, 0.05) is 18.5 Å². The van der Waals surface area contributed by atoms with Crippen LogP contribution in [0, 0.1) is 11.3 Å². The molecule has 0 spiro atoms. The summed E-state index contributed by atoms with van der Waals surface area (Å²) >= 11 is 0. The molecule has 4 rings (SSSR count). The van der Waals surface area contributed by atoms with Crippen molar-refractivity contribution in [3.8, 4) is 6.07 Å². The van der Waals surface area contributed by atoms with Gasteiger partial charge in [0.1, 0.15) is 11.3 Å². The topological polar surface area (TPSA) is 40.2 Å². The molecule has 1 aromatic heterocycles. The van der Waals surface area contributed by atoms with Crippen LogP contribution in [-0.4, -0.2) is 18.5 Å². The Kier molecular flexibility index (Phi) is 2.99. The Labute approximate surface area is 129 Å². The maximum absolute atomic E-state index is 9.10. The summed E-state index contributed by atoms with van der Waals surface area (Å²) in [7, 11) is 2.11. The van der Waals surface area contributed by atoms with Crippen molar-refractivity contribution in [3.63, 3.8) is 0 Å². The maximum Gasteiger partial charge on any atom is 0.134 e. The van der Waals surface area contributed by atoms with Crippen molar-refractivity contribution in [3.05, 3.63) is 71.0 Å². The van der Waals surface area contributed by atoms with Crippen molar-refractivity contribution < 1.29 is 4.42 Å². The smallest absolute Gasteiger partial charge is 0.134 e. The number of furan rings is 1. The number of hydrogen-bond acceptors (Lipinski definition) is 3. The van der Waals surface area contributed by atoms with Crippen LogP contribution in [0.15, 0.2) is 52.9 Å². The molecule has 0 radical (unpaired) electrons. The van der Waals surface area contributed by atoms with Crippen LogP contribution in [0.2, 0.25) is 0 Å². The number of rotatable bonds is 1. The molecule has 2 heterocycles.